The van der Waals surface area contributed by atoms with Crippen LogP contribution >= 0.6 is 0 Å². The van der Waals surface area contributed by atoms with E-state index >= 15 is 0 Å². The van der Waals surface area contributed by atoms with Gasteiger partial charge in [0.15, 0.2) is 5.78 Å². The first-order valence-corrected chi connectivity index (χ1v) is 6.42. The summed E-state index contributed by atoms with van der Waals surface area (Å²) in [4.78, 5) is 23.8. The Hall–Kier alpha value is -1.58. The van der Waals surface area contributed by atoms with Gasteiger partial charge in [0.05, 0.1) is 18.4 Å². The smallest absolute Gasteiger partial charge is 0.339 e. The van der Waals surface area contributed by atoms with Crippen molar-refractivity contribution >= 4 is 11.8 Å². The quantitative estimate of drug-likeness (QED) is 0.611. The van der Waals surface area contributed by atoms with Crippen LogP contribution in [0.4, 0.5) is 0 Å². The van der Waals surface area contributed by atoms with Crippen molar-refractivity contribution in [2.24, 2.45) is 13.0 Å². The van der Waals surface area contributed by atoms with Gasteiger partial charge in [0.2, 0.25) is 0 Å². The molecule has 0 amide bonds. The molecule has 1 aliphatic rings. The Bertz CT molecular complexity index is 456. The highest BCUT2D eigenvalue weighted by Crippen LogP contribution is 2.27. The summed E-state index contributed by atoms with van der Waals surface area (Å²) in [5.74, 6) is -0.113. The fourth-order valence-corrected chi connectivity index (χ4v) is 2.61. The van der Waals surface area contributed by atoms with Crippen LogP contribution in [0.25, 0.3) is 0 Å². The Kier molecular flexibility index (Phi) is 3.84. The first-order valence-electron chi connectivity index (χ1n) is 6.42. The molecule has 0 aromatic carbocycles. The van der Waals surface area contributed by atoms with Gasteiger partial charge in [-0.3, -0.25) is 4.79 Å². The van der Waals surface area contributed by atoms with E-state index in [-0.39, 0.29) is 11.7 Å². The molecular formula is C14H19NO3. The van der Waals surface area contributed by atoms with Gasteiger partial charge < -0.3 is 9.30 Å². The lowest BCUT2D eigenvalue weighted by atomic mass is 9.85. The standard InChI is InChI=1S/C14H19NO3/c1-15-9-11(14(17)18-2)8-12(15)13(16)10-6-4-3-5-7-10/h8-10H,3-7H2,1-2H3. The van der Waals surface area contributed by atoms with Gasteiger partial charge >= 0.3 is 5.97 Å². The molecule has 1 fully saturated rings. The highest BCUT2D eigenvalue weighted by Gasteiger charge is 2.25. The summed E-state index contributed by atoms with van der Waals surface area (Å²) in [7, 11) is 3.14. The number of hydrogen-bond donors (Lipinski definition) is 0. The van der Waals surface area contributed by atoms with Crippen LogP contribution in [0.1, 0.15) is 53.0 Å². The Morgan fingerprint density at radius 3 is 2.56 bits per heavy atom. The lowest BCUT2D eigenvalue weighted by Crippen LogP contribution is -2.19. The molecule has 4 heteroatoms. The molecule has 1 aromatic rings. The maximum absolute atomic E-state index is 12.4. The molecule has 0 N–H and O–H groups in total. The summed E-state index contributed by atoms with van der Waals surface area (Å²) in [6.45, 7) is 0. The van der Waals surface area contributed by atoms with E-state index in [1.54, 1.807) is 23.9 Å². The average molecular weight is 249 g/mol. The summed E-state index contributed by atoms with van der Waals surface area (Å²) < 4.78 is 6.39. The normalized spacial score (nSPS) is 16.6. The first-order chi connectivity index (χ1) is 8.63. The van der Waals surface area contributed by atoms with Crippen molar-refractivity contribution < 1.29 is 14.3 Å². The maximum atomic E-state index is 12.4. The molecule has 4 nitrogen and oxygen atoms in total. The van der Waals surface area contributed by atoms with E-state index in [1.807, 2.05) is 0 Å². The van der Waals surface area contributed by atoms with Crippen LogP contribution < -0.4 is 0 Å². The number of rotatable bonds is 3. The van der Waals surface area contributed by atoms with Crippen molar-refractivity contribution in [2.75, 3.05) is 7.11 Å². The van der Waals surface area contributed by atoms with Gasteiger partial charge in [-0.15, -0.1) is 0 Å². The second kappa shape index (κ2) is 5.38. The molecule has 0 aliphatic heterocycles. The Morgan fingerprint density at radius 1 is 1.28 bits per heavy atom. The highest BCUT2D eigenvalue weighted by atomic mass is 16.5. The SMILES string of the molecule is COC(=O)c1cc(C(=O)C2CCCCC2)n(C)c1. The van der Waals surface area contributed by atoms with Gasteiger partial charge in [0, 0.05) is 19.2 Å². The fourth-order valence-electron chi connectivity index (χ4n) is 2.61. The van der Waals surface area contributed by atoms with Crippen molar-refractivity contribution in [1.82, 2.24) is 4.57 Å². The number of hydrogen-bond acceptors (Lipinski definition) is 3. The molecular weight excluding hydrogens is 230 g/mol. The third-order valence-electron chi connectivity index (χ3n) is 3.65. The van der Waals surface area contributed by atoms with E-state index < -0.39 is 5.97 Å². The van der Waals surface area contributed by atoms with Crippen LogP contribution in [-0.2, 0) is 11.8 Å². The van der Waals surface area contributed by atoms with E-state index in [0.29, 0.717) is 11.3 Å². The summed E-state index contributed by atoms with van der Waals surface area (Å²) in [6.07, 6.45) is 7.08. The summed E-state index contributed by atoms with van der Waals surface area (Å²) >= 11 is 0. The van der Waals surface area contributed by atoms with Crippen molar-refractivity contribution in [3.05, 3.63) is 23.5 Å². The Morgan fingerprint density at radius 2 is 1.94 bits per heavy atom. The van der Waals surface area contributed by atoms with Crippen LogP contribution in [0.3, 0.4) is 0 Å². The van der Waals surface area contributed by atoms with Crippen molar-refractivity contribution in [3.63, 3.8) is 0 Å². The van der Waals surface area contributed by atoms with Gasteiger partial charge in [-0.05, 0) is 18.9 Å². The van der Waals surface area contributed by atoms with Gasteiger partial charge in [0.25, 0.3) is 0 Å². The van der Waals surface area contributed by atoms with E-state index in [0.717, 1.165) is 25.7 Å². The predicted octanol–water partition coefficient (Wildman–Crippen LogP) is 2.57. The molecule has 1 aromatic heterocycles. The molecule has 0 saturated heterocycles. The van der Waals surface area contributed by atoms with Gasteiger partial charge in [0.1, 0.15) is 0 Å². The third-order valence-corrected chi connectivity index (χ3v) is 3.65. The Labute approximate surface area is 107 Å². The van der Waals surface area contributed by atoms with Crippen LogP contribution in [0, 0.1) is 5.92 Å². The zero-order valence-corrected chi connectivity index (χ0v) is 10.9. The molecule has 1 aliphatic carbocycles. The summed E-state index contributed by atoms with van der Waals surface area (Å²) in [5.41, 5.74) is 1.06. The average Bonchev–Trinajstić information content (AvgIpc) is 2.80. The van der Waals surface area contributed by atoms with Crippen LogP contribution in [0.2, 0.25) is 0 Å². The first kappa shape index (κ1) is 12.9. The summed E-state index contributed by atoms with van der Waals surface area (Å²) in [5, 5.41) is 0. The fraction of sp³-hybridized carbons (Fsp3) is 0.571. The van der Waals surface area contributed by atoms with Crippen LogP contribution in [0.5, 0.6) is 0 Å². The highest BCUT2D eigenvalue weighted by molar-refractivity contribution is 5.99. The molecule has 18 heavy (non-hydrogen) atoms. The maximum Gasteiger partial charge on any atom is 0.339 e. The number of carbonyl (C=O) groups excluding carboxylic acids is 2. The van der Waals surface area contributed by atoms with E-state index in [9.17, 15) is 9.59 Å². The van der Waals surface area contributed by atoms with E-state index in [1.165, 1.54) is 13.5 Å². The largest absolute Gasteiger partial charge is 0.465 e. The molecule has 0 bridgehead atoms. The number of ether oxygens (including phenoxy) is 1. The zero-order chi connectivity index (χ0) is 13.1. The number of nitrogens with zero attached hydrogens (tertiary/aromatic N) is 1. The van der Waals surface area contributed by atoms with Crippen LogP contribution in [0.15, 0.2) is 12.3 Å². The number of aromatic nitrogens is 1. The number of ketones is 1. The second-order valence-corrected chi connectivity index (χ2v) is 4.92. The number of Topliss-reactive ketones (excluding diaryl/α,β-unsaturated/α-hetero) is 1. The van der Waals surface area contributed by atoms with E-state index in [4.69, 9.17) is 0 Å². The minimum absolute atomic E-state index is 0.123. The van der Waals surface area contributed by atoms with Crippen molar-refractivity contribution in [1.29, 1.82) is 0 Å². The zero-order valence-electron chi connectivity index (χ0n) is 10.9. The number of methoxy groups -OCH3 is 1. The molecule has 98 valence electrons. The molecule has 0 atom stereocenters. The minimum atomic E-state index is -0.395. The molecule has 1 heterocycles. The van der Waals surface area contributed by atoms with Crippen molar-refractivity contribution in [2.45, 2.75) is 32.1 Å². The topological polar surface area (TPSA) is 48.3 Å². The van der Waals surface area contributed by atoms with Gasteiger partial charge in [-0.25, -0.2) is 4.79 Å². The number of aryl methyl sites for hydroxylation is 1. The van der Waals surface area contributed by atoms with E-state index in [2.05, 4.69) is 4.74 Å². The molecule has 0 radical (unpaired) electrons. The third kappa shape index (κ3) is 2.47. The predicted molar refractivity (Wildman–Crippen MR) is 67.7 cm³/mol. The molecule has 0 unspecified atom stereocenters. The lowest BCUT2D eigenvalue weighted by Gasteiger charge is -2.20. The number of carbonyl (C=O) groups is 2. The minimum Gasteiger partial charge on any atom is -0.465 e. The monoisotopic (exact) mass is 249 g/mol. The molecule has 1 saturated carbocycles. The van der Waals surface area contributed by atoms with Crippen LogP contribution in [-0.4, -0.2) is 23.4 Å². The lowest BCUT2D eigenvalue weighted by molar-refractivity contribution is 0.0600. The van der Waals surface area contributed by atoms with Gasteiger partial charge in [-0.2, -0.15) is 0 Å². The van der Waals surface area contributed by atoms with Gasteiger partial charge in [-0.1, -0.05) is 19.3 Å². The number of esters is 1. The second-order valence-electron chi connectivity index (χ2n) is 4.92. The molecule has 2 rings (SSSR count). The van der Waals surface area contributed by atoms with Crippen molar-refractivity contribution in [3.8, 4) is 0 Å². The Balaban J connectivity index is 2.19. The molecule has 0 spiro atoms. The summed E-state index contributed by atoms with van der Waals surface area (Å²) in [6, 6.07) is 1.64.